The van der Waals surface area contributed by atoms with Gasteiger partial charge in [0.2, 0.25) is 5.91 Å². The lowest BCUT2D eigenvalue weighted by Gasteiger charge is -2.13. The molecule has 3 aliphatic rings. The van der Waals surface area contributed by atoms with Crippen LogP contribution in [0.2, 0.25) is 0 Å². The number of nitrogens with zero attached hydrogens (tertiary/aromatic N) is 2. The average molecular weight is 493 g/mol. The molecule has 186 valence electrons. The summed E-state index contributed by atoms with van der Waals surface area (Å²) in [5, 5.41) is 13.7. The number of hydrogen-bond donors (Lipinski definition) is 1. The molecule has 1 N–H and O–H groups in total. The van der Waals surface area contributed by atoms with Crippen LogP contribution in [0.1, 0.15) is 42.5 Å². The van der Waals surface area contributed by atoms with Crippen LogP contribution < -0.4 is 0 Å². The standard InChI is InChI=1S/C31H28N2O4/c1-20-27(14-15-28(34)33-18-24-4-2-3-5-25(24)19-33)29(37-32-20)23-8-6-21(7-9-23)22-10-12-26(13-11-22)31(16-17-31)30(35)36/h2-4,6-13,19H,5,14-18H2,1H3,(H,35,36). The Morgan fingerprint density at radius 2 is 1.68 bits per heavy atom. The highest BCUT2D eigenvalue weighted by Crippen LogP contribution is 2.48. The van der Waals surface area contributed by atoms with Crippen molar-refractivity contribution in [1.82, 2.24) is 10.1 Å². The summed E-state index contributed by atoms with van der Waals surface area (Å²) in [6, 6.07) is 15.9. The SMILES string of the molecule is Cc1noc(-c2ccc(-c3ccc(C4(C(=O)O)CC4)cc3)cc2)c1CCC(=O)N1C=C2CC=CC=C2C1. The van der Waals surface area contributed by atoms with E-state index in [1.54, 1.807) is 0 Å². The highest BCUT2D eigenvalue weighted by atomic mass is 16.5. The molecule has 2 aliphatic carbocycles. The van der Waals surface area contributed by atoms with Crippen molar-refractivity contribution in [2.75, 3.05) is 6.54 Å². The quantitative estimate of drug-likeness (QED) is 0.439. The first-order valence-electron chi connectivity index (χ1n) is 12.7. The number of carbonyl (C=O) groups excluding carboxylic acids is 1. The molecule has 0 atom stereocenters. The predicted octanol–water partition coefficient (Wildman–Crippen LogP) is 5.98. The van der Waals surface area contributed by atoms with E-state index in [9.17, 15) is 14.7 Å². The topological polar surface area (TPSA) is 83.6 Å². The Kier molecular flexibility index (Phi) is 5.67. The van der Waals surface area contributed by atoms with Crippen LogP contribution in [0, 0.1) is 6.92 Å². The summed E-state index contributed by atoms with van der Waals surface area (Å²) >= 11 is 0. The number of carbonyl (C=O) groups is 2. The maximum absolute atomic E-state index is 12.9. The molecule has 2 heterocycles. The second-order valence-electron chi connectivity index (χ2n) is 10.1. The lowest BCUT2D eigenvalue weighted by molar-refractivity contribution is -0.140. The minimum absolute atomic E-state index is 0.101. The molecule has 0 saturated heterocycles. The highest BCUT2D eigenvalue weighted by molar-refractivity contribution is 5.85. The largest absolute Gasteiger partial charge is 0.481 e. The summed E-state index contributed by atoms with van der Waals surface area (Å²) in [6.45, 7) is 2.56. The lowest BCUT2D eigenvalue weighted by Crippen LogP contribution is -2.24. The average Bonchev–Trinajstić information content (AvgIpc) is 3.50. The third-order valence-corrected chi connectivity index (χ3v) is 7.81. The van der Waals surface area contributed by atoms with Crippen molar-refractivity contribution in [3.8, 4) is 22.5 Å². The molecule has 2 aromatic carbocycles. The Labute approximate surface area is 215 Å². The summed E-state index contributed by atoms with van der Waals surface area (Å²) in [5.41, 5.74) is 7.36. The van der Waals surface area contributed by atoms with Gasteiger partial charge in [-0.25, -0.2) is 0 Å². The summed E-state index contributed by atoms with van der Waals surface area (Å²) in [7, 11) is 0. The van der Waals surface area contributed by atoms with Crippen molar-refractivity contribution in [2.24, 2.45) is 0 Å². The predicted molar refractivity (Wildman–Crippen MR) is 141 cm³/mol. The summed E-state index contributed by atoms with van der Waals surface area (Å²) in [4.78, 5) is 26.3. The van der Waals surface area contributed by atoms with E-state index >= 15 is 0 Å². The highest BCUT2D eigenvalue weighted by Gasteiger charge is 2.51. The maximum Gasteiger partial charge on any atom is 0.314 e. The van der Waals surface area contributed by atoms with Gasteiger partial charge in [-0.15, -0.1) is 0 Å². The summed E-state index contributed by atoms with van der Waals surface area (Å²) < 4.78 is 5.68. The molecule has 1 saturated carbocycles. The molecular weight excluding hydrogens is 464 g/mol. The molecule has 0 unspecified atom stereocenters. The van der Waals surface area contributed by atoms with Gasteiger partial charge in [0, 0.05) is 23.7 Å². The van der Waals surface area contributed by atoms with Gasteiger partial charge in [-0.1, -0.05) is 71.9 Å². The molecule has 0 spiro atoms. The minimum atomic E-state index is -0.741. The zero-order valence-corrected chi connectivity index (χ0v) is 20.7. The van der Waals surface area contributed by atoms with E-state index in [1.165, 1.54) is 11.1 Å². The fourth-order valence-corrected chi connectivity index (χ4v) is 5.32. The van der Waals surface area contributed by atoms with E-state index in [2.05, 4.69) is 23.4 Å². The number of hydrogen-bond acceptors (Lipinski definition) is 4. The Bertz CT molecular complexity index is 1470. The zero-order valence-electron chi connectivity index (χ0n) is 20.7. The van der Waals surface area contributed by atoms with Gasteiger partial charge in [-0.3, -0.25) is 9.59 Å². The summed E-state index contributed by atoms with van der Waals surface area (Å²) in [6.07, 6.45) is 11.5. The van der Waals surface area contributed by atoms with Gasteiger partial charge in [-0.2, -0.15) is 0 Å². The van der Waals surface area contributed by atoms with Gasteiger partial charge in [-0.05, 0) is 60.4 Å². The first-order valence-corrected chi connectivity index (χ1v) is 12.7. The molecule has 6 nitrogen and oxygen atoms in total. The Morgan fingerprint density at radius 1 is 1.00 bits per heavy atom. The molecule has 1 amide bonds. The maximum atomic E-state index is 12.9. The molecule has 6 heteroatoms. The van der Waals surface area contributed by atoms with Gasteiger partial charge >= 0.3 is 5.97 Å². The van der Waals surface area contributed by atoms with Gasteiger partial charge < -0.3 is 14.5 Å². The third-order valence-electron chi connectivity index (χ3n) is 7.81. The second kappa shape index (κ2) is 9.04. The van der Waals surface area contributed by atoms with Gasteiger partial charge in [0.05, 0.1) is 17.7 Å². The van der Waals surface area contributed by atoms with Crippen LogP contribution in [-0.2, 0) is 21.4 Å². The molecule has 6 rings (SSSR count). The number of rotatable bonds is 7. The number of amides is 1. The summed E-state index contributed by atoms with van der Waals surface area (Å²) in [5.74, 6) is 0.0586. The molecule has 0 bridgehead atoms. The normalized spacial score (nSPS) is 17.3. The molecule has 0 radical (unpaired) electrons. The third kappa shape index (κ3) is 4.22. The molecule has 1 aliphatic heterocycles. The molecule has 3 aromatic rings. The fraction of sp³-hybridized carbons (Fsp3) is 0.258. The second-order valence-corrected chi connectivity index (χ2v) is 10.1. The number of aryl methyl sites for hydroxylation is 1. The van der Waals surface area contributed by atoms with Crippen LogP contribution in [-0.4, -0.2) is 33.6 Å². The number of aromatic nitrogens is 1. The molecule has 1 aromatic heterocycles. The van der Waals surface area contributed by atoms with E-state index < -0.39 is 11.4 Å². The van der Waals surface area contributed by atoms with Crippen LogP contribution >= 0.6 is 0 Å². The van der Waals surface area contributed by atoms with E-state index in [1.807, 2.05) is 66.6 Å². The van der Waals surface area contributed by atoms with E-state index in [0.717, 1.165) is 39.9 Å². The van der Waals surface area contributed by atoms with Crippen molar-refractivity contribution in [1.29, 1.82) is 0 Å². The number of carboxylic acids is 1. The van der Waals surface area contributed by atoms with Crippen LogP contribution in [0.5, 0.6) is 0 Å². The Hall–Kier alpha value is -4.19. The first kappa shape index (κ1) is 23.2. The van der Waals surface area contributed by atoms with Crippen molar-refractivity contribution in [3.63, 3.8) is 0 Å². The number of allylic oxidation sites excluding steroid dienone is 3. The fourth-order valence-electron chi connectivity index (χ4n) is 5.32. The van der Waals surface area contributed by atoms with Crippen LogP contribution in [0.3, 0.4) is 0 Å². The van der Waals surface area contributed by atoms with Crippen molar-refractivity contribution >= 4 is 11.9 Å². The van der Waals surface area contributed by atoms with Crippen LogP contribution in [0.15, 0.2) is 88.6 Å². The Morgan fingerprint density at radius 3 is 2.32 bits per heavy atom. The van der Waals surface area contributed by atoms with Crippen LogP contribution in [0.25, 0.3) is 22.5 Å². The number of carboxylic acid groups (broad SMARTS) is 1. The molecule has 1 fully saturated rings. The molecule has 37 heavy (non-hydrogen) atoms. The zero-order chi connectivity index (χ0) is 25.6. The van der Waals surface area contributed by atoms with E-state index in [-0.39, 0.29) is 5.91 Å². The van der Waals surface area contributed by atoms with Gasteiger partial charge in [0.1, 0.15) is 0 Å². The first-order chi connectivity index (χ1) is 17.9. The number of fused-ring (bicyclic) bond motifs is 1. The smallest absolute Gasteiger partial charge is 0.314 e. The monoisotopic (exact) mass is 492 g/mol. The van der Waals surface area contributed by atoms with Crippen LogP contribution in [0.4, 0.5) is 0 Å². The minimum Gasteiger partial charge on any atom is -0.481 e. The van der Waals surface area contributed by atoms with Gasteiger partial charge in [0.15, 0.2) is 5.76 Å². The number of benzene rings is 2. The Balaban J connectivity index is 1.15. The van der Waals surface area contributed by atoms with E-state index in [4.69, 9.17) is 4.52 Å². The van der Waals surface area contributed by atoms with E-state index in [0.29, 0.717) is 38.0 Å². The molecular formula is C31H28N2O4. The van der Waals surface area contributed by atoms with Crippen molar-refractivity contribution < 1.29 is 19.2 Å². The lowest BCUT2D eigenvalue weighted by atomic mass is 9.93. The van der Waals surface area contributed by atoms with Gasteiger partial charge in [0.25, 0.3) is 0 Å². The number of aliphatic carboxylic acids is 1. The van der Waals surface area contributed by atoms with Crippen molar-refractivity contribution in [3.05, 3.63) is 101 Å². The van der Waals surface area contributed by atoms with Crippen molar-refractivity contribution in [2.45, 2.75) is 44.4 Å².